The Bertz CT molecular complexity index is 1050. The van der Waals surface area contributed by atoms with E-state index in [0.717, 1.165) is 31.6 Å². The molecule has 0 radical (unpaired) electrons. The zero-order valence-corrected chi connectivity index (χ0v) is 21.2. The van der Waals surface area contributed by atoms with Gasteiger partial charge in [-0.25, -0.2) is 0 Å². The smallest absolute Gasteiger partial charge is 0.257 e. The van der Waals surface area contributed by atoms with Gasteiger partial charge < -0.3 is 16.0 Å². The van der Waals surface area contributed by atoms with Gasteiger partial charge in [0, 0.05) is 24.3 Å². The molecule has 8 heteroatoms. The van der Waals surface area contributed by atoms with E-state index in [1.165, 1.54) is 0 Å². The fraction of sp³-hybridized carbons (Fsp3) is 0.444. The van der Waals surface area contributed by atoms with Crippen LogP contribution in [0.5, 0.6) is 0 Å². The van der Waals surface area contributed by atoms with Crippen LogP contribution in [0.1, 0.15) is 43.1 Å². The number of nitrogens with one attached hydrogen (secondary N) is 3. The second kappa shape index (κ2) is 12.0. The van der Waals surface area contributed by atoms with Gasteiger partial charge in [-0.2, -0.15) is 0 Å². The van der Waals surface area contributed by atoms with Gasteiger partial charge >= 0.3 is 0 Å². The molecule has 188 valence electrons. The highest BCUT2D eigenvalue weighted by molar-refractivity contribution is 6.10. The van der Waals surface area contributed by atoms with Crippen molar-refractivity contribution in [2.45, 2.75) is 39.7 Å². The van der Waals surface area contributed by atoms with E-state index >= 15 is 0 Å². The molecule has 1 saturated heterocycles. The molecule has 2 aromatic carbocycles. The van der Waals surface area contributed by atoms with Crippen LogP contribution in [0.3, 0.4) is 0 Å². The average molecular weight is 480 g/mol. The predicted octanol–water partition coefficient (Wildman–Crippen LogP) is 3.11. The molecular formula is C27H37N5O3. The summed E-state index contributed by atoms with van der Waals surface area (Å²) in [4.78, 5) is 42.2. The number of hydrogen-bond acceptors (Lipinski definition) is 5. The number of carbonyl (C=O) groups is 3. The molecule has 0 unspecified atom stereocenters. The van der Waals surface area contributed by atoms with Gasteiger partial charge in [0.1, 0.15) is 0 Å². The third-order valence-electron chi connectivity index (χ3n) is 5.65. The lowest BCUT2D eigenvalue weighted by Crippen LogP contribution is -2.46. The predicted molar refractivity (Wildman–Crippen MR) is 140 cm³/mol. The molecular weight excluding hydrogens is 442 g/mol. The lowest BCUT2D eigenvalue weighted by atomic mass is 10.1. The van der Waals surface area contributed by atoms with Gasteiger partial charge in [-0.1, -0.05) is 24.3 Å². The van der Waals surface area contributed by atoms with E-state index in [4.69, 9.17) is 0 Å². The first kappa shape index (κ1) is 26.4. The van der Waals surface area contributed by atoms with E-state index in [2.05, 4.69) is 25.8 Å². The van der Waals surface area contributed by atoms with Crippen molar-refractivity contribution in [1.82, 2.24) is 15.1 Å². The van der Waals surface area contributed by atoms with E-state index in [-0.39, 0.29) is 29.8 Å². The van der Waals surface area contributed by atoms with Gasteiger partial charge in [-0.3, -0.25) is 24.2 Å². The molecule has 0 spiro atoms. The number of anilines is 2. The summed E-state index contributed by atoms with van der Waals surface area (Å²) in [5.41, 5.74) is 2.41. The summed E-state index contributed by atoms with van der Waals surface area (Å²) >= 11 is 0. The molecule has 2 aromatic rings. The fourth-order valence-electron chi connectivity index (χ4n) is 4.11. The van der Waals surface area contributed by atoms with Crippen LogP contribution in [0.15, 0.2) is 48.5 Å². The maximum absolute atomic E-state index is 12.9. The minimum atomic E-state index is -0.273. The Balaban J connectivity index is 1.53. The highest BCUT2D eigenvalue weighted by Gasteiger charge is 2.21. The van der Waals surface area contributed by atoms with Gasteiger partial charge in [0.2, 0.25) is 11.8 Å². The Morgan fingerprint density at radius 2 is 1.49 bits per heavy atom. The molecule has 1 heterocycles. The molecule has 0 bridgehead atoms. The van der Waals surface area contributed by atoms with Crippen LogP contribution in [0.2, 0.25) is 0 Å². The van der Waals surface area contributed by atoms with Crippen LogP contribution in [-0.2, 0) is 9.59 Å². The standard InChI is InChI=1S/C27H37N5O3/c1-20-9-7-10-21(17-20)28-26(35)22-11-5-6-12-23(22)29-24(33)18-31-13-8-14-32(16-15-31)19-25(34)30-27(2,3)4/h5-7,9-12,17H,8,13-16,18-19H2,1-4H3,(H,28,35)(H,29,33)(H,30,34). The molecule has 1 aliphatic rings. The van der Waals surface area contributed by atoms with Gasteiger partial charge in [0.15, 0.2) is 0 Å². The van der Waals surface area contributed by atoms with Crippen molar-refractivity contribution in [3.8, 4) is 0 Å². The Morgan fingerprint density at radius 3 is 2.14 bits per heavy atom. The minimum Gasteiger partial charge on any atom is -0.350 e. The van der Waals surface area contributed by atoms with Crippen LogP contribution >= 0.6 is 0 Å². The monoisotopic (exact) mass is 479 g/mol. The third kappa shape index (κ3) is 8.81. The first-order valence-corrected chi connectivity index (χ1v) is 12.1. The molecule has 0 aromatic heterocycles. The van der Waals surface area contributed by atoms with Crippen LogP contribution in [0, 0.1) is 6.92 Å². The zero-order chi connectivity index (χ0) is 25.4. The van der Waals surface area contributed by atoms with E-state index in [1.807, 2.05) is 52.0 Å². The van der Waals surface area contributed by atoms with E-state index < -0.39 is 0 Å². The van der Waals surface area contributed by atoms with Gasteiger partial charge in [-0.15, -0.1) is 0 Å². The molecule has 3 rings (SSSR count). The Hall–Kier alpha value is -3.23. The second-order valence-corrected chi connectivity index (χ2v) is 10.1. The summed E-state index contributed by atoms with van der Waals surface area (Å²) in [6.45, 7) is 11.5. The topological polar surface area (TPSA) is 93.8 Å². The fourth-order valence-corrected chi connectivity index (χ4v) is 4.11. The number of hydrogen-bond donors (Lipinski definition) is 3. The van der Waals surface area contributed by atoms with Crippen molar-refractivity contribution in [2.75, 3.05) is 49.9 Å². The maximum Gasteiger partial charge on any atom is 0.257 e. The van der Waals surface area contributed by atoms with Gasteiger partial charge in [-0.05, 0) is 77.0 Å². The summed E-state index contributed by atoms with van der Waals surface area (Å²) in [5, 5.41) is 8.80. The number of benzene rings is 2. The van der Waals surface area contributed by atoms with Crippen LogP contribution in [0.4, 0.5) is 11.4 Å². The Kier molecular flexibility index (Phi) is 9.01. The summed E-state index contributed by atoms with van der Waals surface area (Å²) in [5.74, 6) is -0.422. The molecule has 35 heavy (non-hydrogen) atoms. The van der Waals surface area contributed by atoms with Gasteiger partial charge in [0.05, 0.1) is 24.3 Å². The Morgan fingerprint density at radius 1 is 0.829 bits per heavy atom. The van der Waals surface area contributed by atoms with Crippen LogP contribution < -0.4 is 16.0 Å². The largest absolute Gasteiger partial charge is 0.350 e. The zero-order valence-electron chi connectivity index (χ0n) is 21.2. The number of nitrogens with zero attached hydrogens (tertiary/aromatic N) is 2. The van der Waals surface area contributed by atoms with E-state index in [9.17, 15) is 14.4 Å². The average Bonchev–Trinajstić information content (AvgIpc) is 2.97. The van der Waals surface area contributed by atoms with Crippen LogP contribution in [-0.4, -0.2) is 72.3 Å². The van der Waals surface area contributed by atoms with Crippen molar-refractivity contribution < 1.29 is 14.4 Å². The van der Waals surface area contributed by atoms with Gasteiger partial charge in [0.25, 0.3) is 5.91 Å². The Labute approximate surface area is 208 Å². The van der Waals surface area contributed by atoms with E-state index in [1.54, 1.807) is 24.3 Å². The van der Waals surface area contributed by atoms with Crippen molar-refractivity contribution in [1.29, 1.82) is 0 Å². The molecule has 0 atom stereocenters. The summed E-state index contributed by atoms with van der Waals surface area (Å²) in [6.07, 6.45) is 0.881. The molecule has 3 N–H and O–H groups in total. The SMILES string of the molecule is Cc1cccc(NC(=O)c2ccccc2NC(=O)CN2CCCN(CC(=O)NC(C)(C)C)CC2)c1. The quantitative estimate of drug-likeness (QED) is 0.567. The second-order valence-electron chi connectivity index (χ2n) is 10.1. The first-order valence-electron chi connectivity index (χ1n) is 12.1. The molecule has 0 aliphatic carbocycles. The highest BCUT2D eigenvalue weighted by Crippen LogP contribution is 2.18. The summed E-state index contributed by atoms with van der Waals surface area (Å²) < 4.78 is 0. The number of para-hydroxylation sites is 1. The van der Waals surface area contributed by atoms with E-state index in [0.29, 0.717) is 30.0 Å². The lowest BCUT2D eigenvalue weighted by molar-refractivity contribution is -0.123. The van der Waals surface area contributed by atoms with Crippen molar-refractivity contribution in [3.05, 3.63) is 59.7 Å². The normalized spacial score (nSPS) is 15.2. The van der Waals surface area contributed by atoms with Crippen molar-refractivity contribution >= 4 is 29.1 Å². The third-order valence-corrected chi connectivity index (χ3v) is 5.65. The number of carbonyl (C=O) groups excluding carboxylic acids is 3. The molecule has 8 nitrogen and oxygen atoms in total. The summed E-state index contributed by atoms with van der Waals surface area (Å²) in [6, 6.07) is 14.6. The number of rotatable bonds is 7. The first-order chi connectivity index (χ1) is 16.6. The molecule has 0 saturated carbocycles. The number of amides is 3. The molecule has 1 fully saturated rings. The lowest BCUT2D eigenvalue weighted by Gasteiger charge is -2.25. The van der Waals surface area contributed by atoms with Crippen molar-refractivity contribution in [3.63, 3.8) is 0 Å². The highest BCUT2D eigenvalue weighted by atomic mass is 16.2. The van der Waals surface area contributed by atoms with Crippen molar-refractivity contribution in [2.24, 2.45) is 0 Å². The molecule has 1 aliphatic heterocycles. The molecule has 3 amide bonds. The number of aryl methyl sites for hydroxylation is 1. The maximum atomic E-state index is 12.9. The van der Waals surface area contributed by atoms with Crippen LogP contribution in [0.25, 0.3) is 0 Å². The minimum absolute atomic E-state index is 0.0178. The summed E-state index contributed by atoms with van der Waals surface area (Å²) in [7, 11) is 0.